The molecular formula is C17H21FN6O2. The molecular weight excluding hydrogens is 339 g/mol. The van der Waals surface area contributed by atoms with Crippen LogP contribution in [0.4, 0.5) is 20.7 Å². The van der Waals surface area contributed by atoms with Crippen LogP contribution in [-0.2, 0) is 11.8 Å². The van der Waals surface area contributed by atoms with Crippen LogP contribution in [0.15, 0.2) is 12.1 Å². The van der Waals surface area contributed by atoms with Gasteiger partial charge < -0.3 is 9.80 Å². The molecule has 3 heterocycles. The number of halogens is 1. The van der Waals surface area contributed by atoms with Crippen molar-refractivity contribution in [2.45, 2.75) is 6.42 Å². The summed E-state index contributed by atoms with van der Waals surface area (Å²) >= 11 is 0. The lowest BCUT2D eigenvalue weighted by Crippen LogP contribution is -2.49. The number of benzene rings is 1. The first-order valence-corrected chi connectivity index (χ1v) is 8.66. The number of hydrogen-bond donors (Lipinski definition) is 1. The van der Waals surface area contributed by atoms with Gasteiger partial charge in [-0.25, -0.2) is 9.18 Å². The Kier molecular flexibility index (Phi) is 4.03. The molecule has 4 rings (SSSR count). The Morgan fingerprint density at radius 3 is 2.50 bits per heavy atom. The molecule has 2 aliphatic rings. The van der Waals surface area contributed by atoms with E-state index in [1.54, 1.807) is 19.2 Å². The van der Waals surface area contributed by atoms with E-state index in [0.717, 1.165) is 26.2 Å². The first-order valence-electron chi connectivity index (χ1n) is 8.66. The summed E-state index contributed by atoms with van der Waals surface area (Å²) in [6, 6.07) is 3.03. The highest BCUT2D eigenvalue weighted by molar-refractivity contribution is 6.09. The molecule has 2 fully saturated rings. The second-order valence-electron chi connectivity index (χ2n) is 6.79. The maximum absolute atomic E-state index is 15.3. The fourth-order valence-electron chi connectivity index (χ4n) is 3.55. The molecule has 2 aliphatic heterocycles. The molecule has 1 aromatic carbocycles. The molecule has 0 atom stereocenters. The molecule has 138 valence electrons. The van der Waals surface area contributed by atoms with E-state index in [9.17, 15) is 9.59 Å². The molecule has 0 unspecified atom stereocenters. The van der Waals surface area contributed by atoms with Crippen molar-refractivity contribution in [2.75, 3.05) is 49.6 Å². The van der Waals surface area contributed by atoms with Gasteiger partial charge in [0.1, 0.15) is 5.52 Å². The Morgan fingerprint density at radius 2 is 1.81 bits per heavy atom. The number of piperazine rings is 1. The van der Waals surface area contributed by atoms with Gasteiger partial charge in [-0.3, -0.25) is 19.7 Å². The van der Waals surface area contributed by atoms with Crippen LogP contribution < -0.4 is 15.1 Å². The predicted octanol–water partition coefficient (Wildman–Crippen LogP) is 0.910. The van der Waals surface area contributed by atoms with Crippen LogP contribution in [0.3, 0.4) is 0 Å². The summed E-state index contributed by atoms with van der Waals surface area (Å²) < 4.78 is 16.7. The lowest BCUT2D eigenvalue weighted by atomic mass is 10.1. The van der Waals surface area contributed by atoms with Gasteiger partial charge in [0, 0.05) is 51.6 Å². The molecule has 1 N–H and O–H groups in total. The second-order valence-corrected chi connectivity index (χ2v) is 6.79. The van der Waals surface area contributed by atoms with E-state index in [1.165, 1.54) is 9.58 Å². The van der Waals surface area contributed by atoms with Crippen LogP contribution in [0.2, 0.25) is 0 Å². The Balaban J connectivity index is 1.74. The van der Waals surface area contributed by atoms with Gasteiger partial charge in [0.15, 0.2) is 11.6 Å². The van der Waals surface area contributed by atoms with Crippen molar-refractivity contribution in [3.05, 3.63) is 17.9 Å². The SMILES string of the molecule is CN1CCN(c2ccc3c(N4CCC(=O)NC4=O)nn(C)c3c2F)CC1. The fourth-order valence-corrected chi connectivity index (χ4v) is 3.55. The summed E-state index contributed by atoms with van der Waals surface area (Å²) in [5.74, 6) is -0.270. The summed E-state index contributed by atoms with van der Waals surface area (Å²) in [5, 5.41) is 7.19. The lowest BCUT2D eigenvalue weighted by molar-refractivity contribution is -0.120. The zero-order valence-corrected chi connectivity index (χ0v) is 14.8. The van der Waals surface area contributed by atoms with Crippen molar-refractivity contribution in [3.8, 4) is 0 Å². The van der Waals surface area contributed by atoms with Crippen molar-refractivity contribution in [3.63, 3.8) is 0 Å². The van der Waals surface area contributed by atoms with Crippen LogP contribution in [-0.4, -0.2) is 66.4 Å². The summed E-state index contributed by atoms with van der Waals surface area (Å²) in [6.07, 6.45) is 0.200. The van der Waals surface area contributed by atoms with E-state index >= 15 is 4.39 Å². The number of rotatable bonds is 2. The van der Waals surface area contributed by atoms with Crippen LogP contribution in [0, 0.1) is 5.82 Å². The number of urea groups is 1. The molecule has 0 bridgehead atoms. The monoisotopic (exact) mass is 360 g/mol. The maximum atomic E-state index is 15.3. The molecule has 26 heavy (non-hydrogen) atoms. The number of aryl methyl sites for hydroxylation is 1. The van der Waals surface area contributed by atoms with Crippen LogP contribution in [0.5, 0.6) is 0 Å². The van der Waals surface area contributed by atoms with E-state index in [1.807, 2.05) is 4.90 Å². The average Bonchev–Trinajstić information content (AvgIpc) is 2.94. The molecule has 2 aromatic rings. The standard InChI is InChI=1S/C17H21FN6O2/c1-21-7-9-23(10-8-21)12-4-3-11-15(14(12)18)22(2)20-16(11)24-6-5-13(25)19-17(24)26/h3-4H,5-10H2,1-2H3,(H,19,25,26). The van der Waals surface area contributed by atoms with E-state index in [0.29, 0.717) is 22.4 Å². The van der Waals surface area contributed by atoms with Gasteiger partial charge in [0.05, 0.1) is 5.69 Å². The van der Waals surface area contributed by atoms with Gasteiger partial charge >= 0.3 is 6.03 Å². The minimum Gasteiger partial charge on any atom is -0.367 e. The first kappa shape index (κ1) is 16.8. The number of imide groups is 1. The van der Waals surface area contributed by atoms with Crippen LogP contribution in [0.25, 0.3) is 10.9 Å². The number of hydrogen-bond acceptors (Lipinski definition) is 5. The van der Waals surface area contributed by atoms with E-state index in [-0.39, 0.29) is 24.7 Å². The summed E-state index contributed by atoms with van der Waals surface area (Å²) in [6.45, 7) is 3.53. The van der Waals surface area contributed by atoms with Crippen LogP contribution in [0.1, 0.15) is 6.42 Å². The largest absolute Gasteiger partial charge is 0.367 e. The van der Waals surface area contributed by atoms with Crippen molar-refractivity contribution in [1.82, 2.24) is 20.0 Å². The molecule has 0 aliphatic carbocycles. The van der Waals surface area contributed by atoms with E-state index < -0.39 is 6.03 Å². The normalized spacial score (nSPS) is 19.3. The number of likely N-dealkylation sites (N-methyl/N-ethyl adjacent to an activating group) is 1. The van der Waals surface area contributed by atoms with E-state index in [4.69, 9.17) is 0 Å². The Bertz CT molecular complexity index is 887. The highest BCUT2D eigenvalue weighted by atomic mass is 19.1. The third-order valence-corrected chi connectivity index (χ3v) is 5.06. The zero-order valence-electron chi connectivity index (χ0n) is 14.8. The number of nitrogens with one attached hydrogen (secondary N) is 1. The van der Waals surface area contributed by atoms with Gasteiger partial charge in [-0.2, -0.15) is 5.10 Å². The van der Waals surface area contributed by atoms with Gasteiger partial charge in [-0.15, -0.1) is 0 Å². The highest BCUT2D eigenvalue weighted by Crippen LogP contribution is 2.33. The summed E-state index contributed by atoms with van der Waals surface area (Å²) in [7, 11) is 3.72. The minimum atomic E-state index is -0.523. The number of anilines is 2. The quantitative estimate of drug-likeness (QED) is 0.862. The van der Waals surface area contributed by atoms with Crippen molar-refractivity contribution in [2.24, 2.45) is 7.05 Å². The predicted molar refractivity (Wildman–Crippen MR) is 95.9 cm³/mol. The van der Waals surface area contributed by atoms with Crippen LogP contribution >= 0.6 is 0 Å². The summed E-state index contributed by atoms with van der Waals surface area (Å²) in [5.41, 5.74) is 0.916. The number of nitrogens with zero attached hydrogens (tertiary/aromatic N) is 5. The number of carbonyl (C=O) groups excluding carboxylic acids is 2. The molecule has 2 saturated heterocycles. The molecule has 8 nitrogen and oxygen atoms in total. The molecule has 1 aromatic heterocycles. The van der Waals surface area contributed by atoms with Gasteiger partial charge in [0.2, 0.25) is 5.91 Å². The smallest absolute Gasteiger partial charge is 0.329 e. The fraction of sp³-hybridized carbons (Fsp3) is 0.471. The van der Waals surface area contributed by atoms with Crippen molar-refractivity contribution in [1.29, 1.82) is 0 Å². The number of amides is 3. The minimum absolute atomic E-state index is 0.200. The highest BCUT2D eigenvalue weighted by Gasteiger charge is 2.29. The Morgan fingerprint density at radius 1 is 1.08 bits per heavy atom. The Labute approximate surface area is 150 Å². The third kappa shape index (κ3) is 2.68. The molecule has 0 radical (unpaired) electrons. The lowest BCUT2D eigenvalue weighted by Gasteiger charge is -2.34. The number of carbonyl (C=O) groups is 2. The number of aromatic nitrogens is 2. The van der Waals surface area contributed by atoms with E-state index in [2.05, 4.69) is 22.4 Å². The molecule has 3 amide bonds. The number of fused-ring (bicyclic) bond motifs is 1. The van der Waals surface area contributed by atoms with Gasteiger partial charge in [0.25, 0.3) is 0 Å². The maximum Gasteiger partial charge on any atom is 0.329 e. The Hall–Kier alpha value is -2.68. The average molecular weight is 360 g/mol. The molecule has 9 heteroatoms. The molecule has 0 spiro atoms. The molecule has 0 saturated carbocycles. The third-order valence-electron chi connectivity index (χ3n) is 5.06. The first-order chi connectivity index (χ1) is 12.5. The summed E-state index contributed by atoms with van der Waals surface area (Å²) in [4.78, 5) is 29.1. The van der Waals surface area contributed by atoms with Crippen molar-refractivity contribution >= 4 is 34.3 Å². The van der Waals surface area contributed by atoms with Crippen molar-refractivity contribution < 1.29 is 14.0 Å². The zero-order chi connectivity index (χ0) is 18.4. The van der Waals surface area contributed by atoms with Gasteiger partial charge in [-0.1, -0.05) is 0 Å². The van der Waals surface area contributed by atoms with Gasteiger partial charge in [-0.05, 0) is 19.2 Å². The topological polar surface area (TPSA) is 73.7 Å². The second kappa shape index (κ2) is 6.24.